The average Bonchev–Trinajstić information content (AvgIpc) is 3.46. The number of carbonyl (C=O) groups excluding carboxylic acids is 4. The van der Waals surface area contributed by atoms with Gasteiger partial charge in [-0.05, 0) is 55.3 Å². The highest BCUT2D eigenvalue weighted by molar-refractivity contribution is 6.73. The van der Waals surface area contributed by atoms with Crippen LogP contribution in [0.5, 0.6) is 0 Å². The summed E-state index contributed by atoms with van der Waals surface area (Å²) in [5, 5.41) is 11.9. The normalized spacial score (nSPS) is 38.6. The van der Waals surface area contributed by atoms with Crippen LogP contribution in [0.15, 0.2) is 41.5 Å². The van der Waals surface area contributed by atoms with Crippen molar-refractivity contribution in [1.82, 2.24) is 0 Å². The number of benzene rings is 1. The van der Waals surface area contributed by atoms with Crippen molar-refractivity contribution in [2.45, 2.75) is 128 Å². The Bertz CT molecular complexity index is 1580. The molecule has 3 aliphatic carbocycles. The van der Waals surface area contributed by atoms with Crippen LogP contribution in [0.4, 0.5) is 4.79 Å². The zero-order valence-electron chi connectivity index (χ0n) is 30.4. The zero-order valence-corrected chi connectivity index (χ0v) is 31.4. The molecule has 4 fully saturated rings. The molecular formula is C37H50O12Si. The van der Waals surface area contributed by atoms with Crippen LogP contribution < -0.4 is 0 Å². The van der Waals surface area contributed by atoms with Crippen LogP contribution in [-0.4, -0.2) is 98.8 Å². The van der Waals surface area contributed by atoms with Gasteiger partial charge in [0.05, 0.1) is 29.6 Å². The third-order valence-corrected chi connectivity index (χ3v) is 17.6. The van der Waals surface area contributed by atoms with Crippen molar-refractivity contribution in [3.8, 4) is 0 Å². The molecule has 2 saturated carbocycles. The Morgan fingerprint density at radius 3 is 2.22 bits per heavy atom. The first kappa shape index (κ1) is 36.7. The molecule has 274 valence electrons. The molecular weight excluding hydrogens is 664 g/mol. The van der Waals surface area contributed by atoms with Gasteiger partial charge in [0, 0.05) is 25.9 Å². The number of ketones is 1. The number of fused-ring (bicyclic) bond motifs is 4. The number of methoxy groups -OCH3 is 1. The number of hydrogen-bond acceptors (Lipinski definition) is 12. The van der Waals surface area contributed by atoms with Crippen LogP contribution >= 0.6 is 0 Å². The minimum absolute atomic E-state index is 0.118. The molecule has 50 heavy (non-hydrogen) atoms. The number of hydrogen-bond donors (Lipinski definition) is 1. The van der Waals surface area contributed by atoms with Crippen molar-refractivity contribution in [2.75, 3.05) is 13.7 Å². The molecule has 1 aromatic carbocycles. The minimum Gasteiger partial charge on any atom is -0.454 e. The zero-order chi connectivity index (χ0) is 36.6. The van der Waals surface area contributed by atoms with Gasteiger partial charge in [0.1, 0.15) is 18.3 Å². The molecule has 0 aromatic heterocycles. The lowest BCUT2D eigenvalue weighted by molar-refractivity contribution is -0.344. The summed E-state index contributed by atoms with van der Waals surface area (Å²) in [4.78, 5) is 56.5. The largest absolute Gasteiger partial charge is 0.509 e. The molecule has 0 radical (unpaired) electrons. The van der Waals surface area contributed by atoms with E-state index in [2.05, 4.69) is 20.8 Å². The first-order valence-corrected chi connectivity index (χ1v) is 20.2. The summed E-state index contributed by atoms with van der Waals surface area (Å²) >= 11 is 0. The van der Waals surface area contributed by atoms with E-state index in [0.29, 0.717) is 11.1 Å². The molecule has 5 aliphatic rings. The number of carbonyl (C=O) groups is 4. The lowest BCUT2D eigenvalue weighted by Gasteiger charge is -2.68. The quantitative estimate of drug-likeness (QED) is 0.160. The first-order chi connectivity index (χ1) is 23.5. The summed E-state index contributed by atoms with van der Waals surface area (Å²) < 4.78 is 44.6. The second kappa shape index (κ2) is 12.5. The van der Waals surface area contributed by atoms with E-state index in [4.69, 9.17) is 32.8 Å². The van der Waals surface area contributed by atoms with Crippen LogP contribution in [-0.2, 0) is 42.4 Å². The van der Waals surface area contributed by atoms with Gasteiger partial charge in [0.25, 0.3) is 0 Å². The molecule has 1 unspecified atom stereocenters. The standard InChI is InChI=1S/C37H50O12Si/c1-10-50(11-2,12-3)49-23-18-24-36(19-44-24,47-21(5)38)28-31(45-32(41)22-16-14-13-15-17-22)37-30(46-33(42)48-37)26(39)20(4)25(34(37,6)7)27(43-9)29(40)35(23,28)8/h13-17,23-24,26-28,30-31,39H,10-12,18-19H2,1-9H3/t23?,24-,26-,27-,28+,30+,31+,35-,36+,37-/m1/s1. The molecule has 10 atom stereocenters. The number of aliphatic hydroxyl groups excluding tert-OH is 1. The second-order valence-corrected chi connectivity index (χ2v) is 19.9. The molecule has 0 amide bonds. The Hall–Kier alpha value is -3.10. The maximum Gasteiger partial charge on any atom is 0.509 e. The molecule has 6 rings (SSSR count). The fraction of sp³-hybridized carbons (Fsp3) is 0.676. The number of esters is 2. The average molecular weight is 715 g/mol. The summed E-state index contributed by atoms with van der Waals surface area (Å²) in [6.07, 6.45) is -7.99. The Morgan fingerprint density at radius 2 is 1.68 bits per heavy atom. The van der Waals surface area contributed by atoms with E-state index in [1.165, 1.54) is 14.0 Å². The minimum atomic E-state index is -2.46. The Labute approximate surface area is 294 Å². The van der Waals surface area contributed by atoms with Gasteiger partial charge >= 0.3 is 18.1 Å². The summed E-state index contributed by atoms with van der Waals surface area (Å²) in [6.45, 7) is 14.4. The smallest absolute Gasteiger partial charge is 0.454 e. The van der Waals surface area contributed by atoms with Crippen molar-refractivity contribution < 1.29 is 57.1 Å². The monoisotopic (exact) mass is 714 g/mol. The van der Waals surface area contributed by atoms with Crippen LogP contribution in [0, 0.1) is 16.7 Å². The number of aliphatic hydroxyl groups is 1. The van der Waals surface area contributed by atoms with Gasteiger partial charge in [0.15, 0.2) is 31.9 Å². The van der Waals surface area contributed by atoms with Crippen molar-refractivity contribution in [3.63, 3.8) is 0 Å². The van der Waals surface area contributed by atoms with Crippen LogP contribution in [0.2, 0.25) is 18.1 Å². The highest BCUT2D eigenvalue weighted by atomic mass is 28.4. The molecule has 2 aliphatic heterocycles. The lowest BCUT2D eigenvalue weighted by Crippen LogP contribution is -2.83. The van der Waals surface area contributed by atoms with Crippen LogP contribution in [0.1, 0.15) is 72.2 Å². The number of ether oxygens (including phenoxy) is 6. The van der Waals surface area contributed by atoms with Crippen molar-refractivity contribution in [3.05, 3.63) is 47.0 Å². The first-order valence-electron chi connectivity index (χ1n) is 17.7. The highest BCUT2D eigenvalue weighted by Gasteiger charge is 2.83. The van der Waals surface area contributed by atoms with Gasteiger partial charge < -0.3 is 38.0 Å². The van der Waals surface area contributed by atoms with Crippen molar-refractivity contribution in [1.29, 1.82) is 0 Å². The Kier molecular flexibility index (Phi) is 9.20. The third-order valence-electron chi connectivity index (χ3n) is 12.9. The SMILES string of the molecule is CC[Si](CC)(CC)OC1C[C@H]2OC[C@@]2(OC(C)=O)[C@H]2[C@H](OC(=O)c3ccccc3)[C@]34OC(=O)O[C@H]3[C@H](O)C(C)=C([C@@H](OC)C(=O)[C@]12C)C4(C)C. The molecule has 1 spiro atoms. The Balaban J connectivity index is 1.72. The van der Waals surface area contributed by atoms with Gasteiger partial charge in [-0.1, -0.05) is 52.8 Å². The van der Waals surface area contributed by atoms with E-state index < -0.39 is 91.0 Å². The number of rotatable bonds is 9. The predicted octanol–water partition coefficient (Wildman–Crippen LogP) is 4.92. The topological polar surface area (TPSA) is 153 Å². The second-order valence-electron chi connectivity index (χ2n) is 15.2. The van der Waals surface area contributed by atoms with Gasteiger partial charge in [-0.25, -0.2) is 9.59 Å². The molecule has 13 heteroatoms. The van der Waals surface area contributed by atoms with E-state index >= 15 is 4.79 Å². The van der Waals surface area contributed by atoms with E-state index in [1.54, 1.807) is 58.0 Å². The predicted molar refractivity (Wildman–Crippen MR) is 181 cm³/mol. The van der Waals surface area contributed by atoms with Crippen LogP contribution in [0.3, 0.4) is 0 Å². The molecule has 1 aromatic rings. The van der Waals surface area contributed by atoms with Crippen molar-refractivity contribution in [2.24, 2.45) is 16.7 Å². The van der Waals surface area contributed by atoms with Gasteiger partial charge in [-0.3, -0.25) is 9.59 Å². The molecule has 1 N–H and O–H groups in total. The summed E-state index contributed by atoms with van der Waals surface area (Å²) in [5.74, 6) is -2.99. The van der Waals surface area contributed by atoms with Gasteiger partial charge in [-0.15, -0.1) is 0 Å². The van der Waals surface area contributed by atoms with Crippen LogP contribution in [0.25, 0.3) is 0 Å². The summed E-state index contributed by atoms with van der Waals surface area (Å²) in [7, 11) is -1.03. The molecule has 2 saturated heterocycles. The maximum absolute atomic E-state index is 15.7. The molecule has 2 heterocycles. The summed E-state index contributed by atoms with van der Waals surface area (Å²) in [6, 6.07) is 10.7. The third kappa shape index (κ3) is 4.83. The highest BCUT2D eigenvalue weighted by Crippen LogP contribution is 2.67. The van der Waals surface area contributed by atoms with E-state index in [9.17, 15) is 19.5 Å². The van der Waals surface area contributed by atoms with E-state index in [-0.39, 0.29) is 24.4 Å². The molecule has 12 nitrogen and oxygen atoms in total. The number of Topliss-reactive ketones (excluding diaryl/α,β-unsaturated/α-hetero) is 1. The Morgan fingerprint density at radius 1 is 1.04 bits per heavy atom. The molecule has 2 bridgehead atoms. The lowest BCUT2D eigenvalue weighted by atomic mass is 9.44. The van der Waals surface area contributed by atoms with E-state index in [1.807, 2.05) is 0 Å². The van der Waals surface area contributed by atoms with Gasteiger partial charge in [-0.2, -0.15) is 0 Å². The van der Waals surface area contributed by atoms with Gasteiger partial charge in [0.2, 0.25) is 5.60 Å². The van der Waals surface area contributed by atoms with Crippen molar-refractivity contribution >= 4 is 32.2 Å². The van der Waals surface area contributed by atoms with E-state index in [0.717, 1.165) is 18.1 Å². The maximum atomic E-state index is 15.7. The fourth-order valence-electron chi connectivity index (χ4n) is 10.0. The fourth-order valence-corrected chi connectivity index (χ4v) is 13.0. The summed E-state index contributed by atoms with van der Waals surface area (Å²) in [5.41, 5.74) is -5.39.